The number of rotatable bonds is 8. The number of amides is 3. The van der Waals surface area contributed by atoms with Gasteiger partial charge in [0, 0.05) is 37.6 Å². The Labute approximate surface area is 297 Å². The van der Waals surface area contributed by atoms with E-state index in [0.29, 0.717) is 12.8 Å². The van der Waals surface area contributed by atoms with Crippen molar-refractivity contribution < 1.29 is 38.6 Å². The maximum atomic E-state index is 14.3. The average Bonchev–Trinajstić information content (AvgIpc) is 3.60. The van der Waals surface area contributed by atoms with E-state index in [2.05, 4.69) is 23.0 Å². The van der Waals surface area contributed by atoms with Gasteiger partial charge in [-0.05, 0) is 83.4 Å². The molecule has 1 aromatic heterocycles. The summed E-state index contributed by atoms with van der Waals surface area (Å²) in [7, 11) is 0. The minimum atomic E-state index is -1.41. The van der Waals surface area contributed by atoms with Crippen molar-refractivity contribution in [3.63, 3.8) is 0 Å². The number of fused-ring (bicyclic) bond motifs is 1. The van der Waals surface area contributed by atoms with E-state index in [1.165, 1.54) is 12.2 Å². The number of allylic oxidation sites excluding steroid dienone is 2. The van der Waals surface area contributed by atoms with Crippen LogP contribution < -0.4 is 5.32 Å². The molecule has 270 valence electrons. The average molecular weight is 708 g/mol. The van der Waals surface area contributed by atoms with Gasteiger partial charge < -0.3 is 19.9 Å². The summed E-state index contributed by atoms with van der Waals surface area (Å²) in [5.41, 5.74) is 1.30. The zero-order valence-corrected chi connectivity index (χ0v) is 30.4. The molecule has 2 aromatic rings. The van der Waals surface area contributed by atoms with Gasteiger partial charge in [-0.25, -0.2) is 9.78 Å². The fourth-order valence-corrected chi connectivity index (χ4v) is 7.27. The Morgan fingerprint density at radius 2 is 1.92 bits per heavy atom. The number of nitrogens with one attached hydrogen (secondary N) is 1. The van der Waals surface area contributed by atoms with Crippen molar-refractivity contribution in [1.82, 2.24) is 15.2 Å². The van der Waals surface area contributed by atoms with Crippen molar-refractivity contribution in [3.05, 3.63) is 65.2 Å². The Hall–Kier alpha value is -4.16. The number of nitrogens with zero attached hydrogens (tertiary/aromatic N) is 2. The van der Waals surface area contributed by atoms with Crippen LogP contribution in [-0.2, 0) is 28.7 Å². The summed E-state index contributed by atoms with van der Waals surface area (Å²) in [5, 5.41) is 15.0. The highest BCUT2D eigenvalue weighted by Gasteiger charge is 2.46. The molecule has 2 aliphatic heterocycles. The molecule has 50 heavy (non-hydrogen) atoms. The van der Waals surface area contributed by atoms with E-state index < -0.39 is 59.9 Å². The molecule has 0 saturated carbocycles. The Morgan fingerprint density at radius 1 is 1.20 bits per heavy atom. The van der Waals surface area contributed by atoms with Crippen molar-refractivity contribution >= 4 is 51.2 Å². The van der Waals surface area contributed by atoms with Crippen molar-refractivity contribution in [2.45, 2.75) is 97.9 Å². The maximum absolute atomic E-state index is 14.3. The van der Waals surface area contributed by atoms with E-state index in [9.17, 15) is 29.1 Å². The number of hydrogen-bond acceptors (Lipinski definition) is 10. The molecule has 0 radical (unpaired) electrons. The number of alkyl carbamates (subject to hydrolysis) is 1. The van der Waals surface area contributed by atoms with Crippen LogP contribution in [0.15, 0.2) is 54.7 Å². The molecule has 3 amide bonds. The monoisotopic (exact) mass is 707 g/mol. The van der Waals surface area contributed by atoms with Gasteiger partial charge in [0.2, 0.25) is 0 Å². The molecule has 5 atom stereocenters. The second kappa shape index (κ2) is 17.2. The van der Waals surface area contributed by atoms with Gasteiger partial charge in [-0.3, -0.25) is 24.1 Å². The highest BCUT2D eigenvalue weighted by atomic mass is 32.1. The molecule has 3 heterocycles. The number of aryl methyl sites for hydroxylation is 1. The van der Waals surface area contributed by atoms with Crippen molar-refractivity contribution in [2.24, 2.45) is 17.3 Å². The van der Waals surface area contributed by atoms with Gasteiger partial charge in [0.25, 0.3) is 11.8 Å². The third kappa shape index (κ3) is 9.75. The molecule has 0 spiro atoms. The molecule has 0 saturated heterocycles. The Balaban J connectivity index is 1.60. The number of cyclic esters (lactones) is 1. The van der Waals surface area contributed by atoms with Gasteiger partial charge in [0.15, 0.2) is 0 Å². The second-order valence-corrected chi connectivity index (χ2v) is 15.1. The summed E-state index contributed by atoms with van der Waals surface area (Å²) in [6.07, 6.45) is 5.05. The molecule has 0 aliphatic carbocycles. The van der Waals surface area contributed by atoms with Crippen LogP contribution in [0.25, 0.3) is 10.2 Å². The van der Waals surface area contributed by atoms with Crippen molar-refractivity contribution in [3.8, 4) is 0 Å². The number of ketones is 1. The Morgan fingerprint density at radius 3 is 2.62 bits per heavy atom. The summed E-state index contributed by atoms with van der Waals surface area (Å²) in [6.45, 7) is 13.1. The summed E-state index contributed by atoms with van der Waals surface area (Å²) >= 11 is 1.58. The minimum Gasteiger partial charge on any atom is -0.457 e. The zero-order valence-electron chi connectivity index (χ0n) is 29.6. The first-order valence-corrected chi connectivity index (χ1v) is 18.1. The van der Waals surface area contributed by atoms with Crippen LogP contribution in [0, 0.1) is 24.2 Å². The minimum absolute atomic E-state index is 0.0725. The number of aromatic nitrogens is 1. The molecule has 0 fully saturated rings. The number of carbonyl (C=O) groups excluding carboxylic acids is 5. The van der Waals surface area contributed by atoms with Gasteiger partial charge in [0.1, 0.15) is 18.0 Å². The SMILES string of the molecule is C=CC[C@H]1C(=O)C(C)(C)[C@@H](OC(=O)NCCCN2C(=O)C=CC2=O)CC(=O)O[C@H](c2ccc3sc(C)nc3c2)CC=C(C)CCC[C@H](C)[C@@H]1O. The van der Waals surface area contributed by atoms with Crippen LogP contribution in [0.1, 0.15) is 89.3 Å². The molecule has 2 aliphatic rings. The van der Waals surface area contributed by atoms with Gasteiger partial charge in [-0.1, -0.05) is 30.7 Å². The van der Waals surface area contributed by atoms with E-state index in [1.54, 1.807) is 31.3 Å². The molecule has 12 heteroatoms. The van der Waals surface area contributed by atoms with Crippen molar-refractivity contribution in [1.29, 1.82) is 0 Å². The van der Waals surface area contributed by atoms with Crippen LogP contribution in [0.5, 0.6) is 0 Å². The van der Waals surface area contributed by atoms with Crippen LogP contribution >= 0.6 is 11.3 Å². The first-order valence-electron chi connectivity index (χ1n) is 17.2. The second-order valence-electron chi connectivity index (χ2n) is 13.8. The molecule has 11 nitrogen and oxygen atoms in total. The molecule has 2 N–H and O–H groups in total. The number of imide groups is 1. The van der Waals surface area contributed by atoms with Gasteiger partial charge in [0.05, 0.1) is 33.2 Å². The lowest BCUT2D eigenvalue weighted by molar-refractivity contribution is -0.156. The van der Waals surface area contributed by atoms with Crippen LogP contribution in [0.3, 0.4) is 0 Å². The number of carbonyl (C=O) groups is 5. The number of esters is 1. The first kappa shape index (κ1) is 38.6. The van der Waals surface area contributed by atoms with E-state index >= 15 is 0 Å². The lowest BCUT2D eigenvalue weighted by Crippen LogP contribution is -2.49. The quantitative estimate of drug-likeness (QED) is 0.140. The van der Waals surface area contributed by atoms with E-state index in [1.807, 2.05) is 39.0 Å². The first-order chi connectivity index (χ1) is 23.7. The van der Waals surface area contributed by atoms with E-state index in [0.717, 1.165) is 44.1 Å². The number of hydrogen-bond donors (Lipinski definition) is 2. The summed E-state index contributed by atoms with van der Waals surface area (Å²) in [5.74, 6) is -2.88. The predicted octanol–water partition coefficient (Wildman–Crippen LogP) is 6.29. The highest BCUT2D eigenvalue weighted by Crippen LogP contribution is 2.37. The number of benzene rings is 1. The number of Topliss-reactive ketones (excluding diaryl/α,β-unsaturated/α-hetero) is 1. The van der Waals surface area contributed by atoms with Crippen LogP contribution in [-0.4, -0.2) is 69.9 Å². The van der Waals surface area contributed by atoms with Gasteiger partial charge in [-0.15, -0.1) is 17.9 Å². The van der Waals surface area contributed by atoms with Crippen LogP contribution in [0.4, 0.5) is 4.79 Å². The Bertz CT molecular complexity index is 1640. The normalized spacial score (nSPS) is 25.4. The van der Waals surface area contributed by atoms with Crippen LogP contribution in [0.2, 0.25) is 0 Å². The number of aliphatic hydroxyl groups excluding tert-OH is 1. The van der Waals surface area contributed by atoms with Gasteiger partial charge >= 0.3 is 12.1 Å². The third-order valence-corrected chi connectivity index (χ3v) is 10.5. The third-order valence-electron chi connectivity index (χ3n) is 9.60. The largest absolute Gasteiger partial charge is 0.457 e. The highest BCUT2D eigenvalue weighted by molar-refractivity contribution is 7.18. The lowest BCUT2D eigenvalue weighted by Gasteiger charge is -2.37. The molecular weight excluding hydrogens is 658 g/mol. The van der Waals surface area contributed by atoms with E-state index in [-0.39, 0.29) is 37.6 Å². The predicted molar refractivity (Wildman–Crippen MR) is 191 cm³/mol. The molecule has 4 rings (SSSR count). The Kier molecular flexibility index (Phi) is 13.3. The standard InChI is InChI=1S/C38H49N3O8S/c1-7-10-27-35(45)24(3)12-8-11-23(2)13-15-29(26-14-16-30-28(21-26)40-25(4)50-30)48-34(44)22-31(38(5,6)36(27)46)49-37(47)39-19-9-20-41-32(42)17-18-33(41)43/h7,13-14,16-18,21,24,27,29,31,35,45H,1,8-12,15,19-20,22H2,2-6H3,(H,39,47)/t24-,27+,29-,31-,35-/m0/s1. The number of thiazole rings is 1. The lowest BCUT2D eigenvalue weighted by atomic mass is 9.71. The fraction of sp³-hybridized carbons (Fsp3) is 0.526. The molecular formula is C38H49N3O8S. The maximum Gasteiger partial charge on any atom is 0.407 e. The van der Waals surface area contributed by atoms with E-state index in [4.69, 9.17) is 9.47 Å². The van der Waals surface area contributed by atoms with Crippen molar-refractivity contribution in [2.75, 3.05) is 13.1 Å². The zero-order chi connectivity index (χ0) is 36.6. The number of aliphatic hydroxyl groups is 1. The molecule has 0 unspecified atom stereocenters. The summed E-state index contributed by atoms with van der Waals surface area (Å²) in [6, 6.07) is 5.82. The molecule has 0 bridgehead atoms. The summed E-state index contributed by atoms with van der Waals surface area (Å²) < 4.78 is 12.9. The fourth-order valence-electron chi connectivity index (χ4n) is 6.46. The topological polar surface area (TPSA) is 152 Å². The smallest absolute Gasteiger partial charge is 0.407 e. The number of ether oxygens (including phenoxy) is 2. The molecule has 1 aromatic carbocycles. The van der Waals surface area contributed by atoms with Gasteiger partial charge in [-0.2, -0.15) is 0 Å². The summed E-state index contributed by atoms with van der Waals surface area (Å²) in [4.78, 5) is 70.6.